The Labute approximate surface area is 103 Å². The number of ether oxygens (including phenoxy) is 1. The van der Waals surface area contributed by atoms with Gasteiger partial charge in [-0.05, 0) is 24.7 Å². The maximum absolute atomic E-state index is 10.2. The molecule has 0 aliphatic carbocycles. The van der Waals surface area contributed by atoms with E-state index < -0.39 is 6.10 Å². The van der Waals surface area contributed by atoms with Crippen molar-refractivity contribution in [3.05, 3.63) is 28.2 Å². The van der Waals surface area contributed by atoms with Crippen LogP contribution in [0.4, 0.5) is 0 Å². The first-order valence-corrected chi connectivity index (χ1v) is 6.35. The molecule has 0 bridgehead atoms. The van der Waals surface area contributed by atoms with Crippen LogP contribution in [-0.4, -0.2) is 23.8 Å². The third-order valence-corrected chi connectivity index (χ3v) is 3.92. The Morgan fingerprint density at radius 2 is 2.38 bits per heavy atom. The highest BCUT2D eigenvalue weighted by molar-refractivity contribution is 9.10. The summed E-state index contributed by atoms with van der Waals surface area (Å²) in [5.74, 6) is 0.825. The maximum atomic E-state index is 10.2. The van der Waals surface area contributed by atoms with Crippen LogP contribution >= 0.6 is 15.9 Å². The number of hydrogen-bond donors (Lipinski definition) is 2. The van der Waals surface area contributed by atoms with Crippen molar-refractivity contribution in [3.8, 4) is 5.75 Å². The van der Waals surface area contributed by atoms with Gasteiger partial charge in [0.1, 0.15) is 11.4 Å². The number of fused-ring (bicyclic) bond motifs is 1. The van der Waals surface area contributed by atoms with Gasteiger partial charge >= 0.3 is 0 Å². The van der Waals surface area contributed by atoms with Gasteiger partial charge in [-0.25, -0.2) is 0 Å². The summed E-state index contributed by atoms with van der Waals surface area (Å²) in [5, 5.41) is 13.5. The predicted octanol–water partition coefficient (Wildman–Crippen LogP) is 2.00. The molecule has 2 unspecified atom stereocenters. The van der Waals surface area contributed by atoms with Crippen LogP contribution in [0.1, 0.15) is 24.5 Å². The lowest BCUT2D eigenvalue weighted by Crippen LogP contribution is -2.42. The molecule has 16 heavy (non-hydrogen) atoms. The first-order valence-electron chi connectivity index (χ1n) is 5.56. The summed E-state index contributed by atoms with van der Waals surface area (Å²) < 4.78 is 7.04. The van der Waals surface area contributed by atoms with Gasteiger partial charge in [-0.1, -0.05) is 15.9 Å². The molecule has 2 aliphatic rings. The average Bonchev–Trinajstić information content (AvgIpc) is 2.68. The number of rotatable bonds is 0. The number of nitrogens with one attached hydrogen (secondary N) is 1. The van der Waals surface area contributed by atoms with E-state index in [-0.39, 0.29) is 5.60 Å². The van der Waals surface area contributed by atoms with E-state index in [1.54, 1.807) is 0 Å². The van der Waals surface area contributed by atoms with Crippen molar-refractivity contribution in [2.75, 3.05) is 13.1 Å². The van der Waals surface area contributed by atoms with E-state index in [4.69, 9.17) is 4.74 Å². The van der Waals surface area contributed by atoms with E-state index in [1.165, 1.54) is 0 Å². The minimum Gasteiger partial charge on any atom is -0.485 e. The van der Waals surface area contributed by atoms with Gasteiger partial charge in [-0.15, -0.1) is 0 Å². The molecule has 0 radical (unpaired) electrons. The van der Waals surface area contributed by atoms with E-state index >= 15 is 0 Å². The molecule has 2 heterocycles. The van der Waals surface area contributed by atoms with Crippen molar-refractivity contribution in [3.63, 3.8) is 0 Å². The van der Waals surface area contributed by atoms with Gasteiger partial charge in [0.2, 0.25) is 0 Å². The summed E-state index contributed by atoms with van der Waals surface area (Å²) in [5.41, 5.74) is 0.701. The molecule has 3 rings (SSSR count). The molecule has 86 valence electrons. The van der Waals surface area contributed by atoms with Gasteiger partial charge in [0.15, 0.2) is 0 Å². The third-order valence-electron chi connectivity index (χ3n) is 3.43. The normalized spacial score (nSPS) is 32.5. The van der Waals surface area contributed by atoms with Gasteiger partial charge in [0.25, 0.3) is 0 Å². The molecular weight excluding hydrogens is 270 g/mol. The highest BCUT2D eigenvalue weighted by atomic mass is 79.9. The first kappa shape index (κ1) is 10.6. The fourth-order valence-corrected chi connectivity index (χ4v) is 2.97. The Balaban J connectivity index is 1.99. The second-order valence-electron chi connectivity index (χ2n) is 4.61. The summed E-state index contributed by atoms with van der Waals surface area (Å²) in [6.07, 6.45) is 1.24. The largest absolute Gasteiger partial charge is 0.485 e. The van der Waals surface area contributed by atoms with E-state index in [9.17, 15) is 5.11 Å². The summed E-state index contributed by atoms with van der Waals surface area (Å²) in [6.45, 7) is 1.80. The van der Waals surface area contributed by atoms with Crippen LogP contribution in [0.5, 0.6) is 5.75 Å². The van der Waals surface area contributed by atoms with Crippen LogP contribution < -0.4 is 10.1 Å². The Morgan fingerprint density at radius 3 is 3.12 bits per heavy atom. The summed E-state index contributed by atoms with van der Waals surface area (Å²) in [4.78, 5) is 0. The molecule has 0 amide bonds. The number of hydrogen-bond acceptors (Lipinski definition) is 3. The molecule has 1 aromatic rings. The smallest absolute Gasteiger partial charge is 0.126 e. The molecule has 2 aliphatic heterocycles. The van der Waals surface area contributed by atoms with Crippen LogP contribution in [0.3, 0.4) is 0 Å². The lowest BCUT2D eigenvalue weighted by atomic mass is 9.88. The Hall–Kier alpha value is -0.580. The summed E-state index contributed by atoms with van der Waals surface area (Å²) in [6, 6.07) is 5.82. The second kappa shape index (κ2) is 3.72. The van der Waals surface area contributed by atoms with Gasteiger partial charge in [-0.3, -0.25) is 0 Å². The highest BCUT2D eigenvalue weighted by Gasteiger charge is 2.42. The highest BCUT2D eigenvalue weighted by Crippen LogP contribution is 2.42. The minimum atomic E-state index is -0.416. The van der Waals surface area contributed by atoms with Crippen LogP contribution in [0, 0.1) is 0 Å². The molecule has 0 saturated carbocycles. The fourth-order valence-electron chi connectivity index (χ4n) is 2.59. The van der Waals surface area contributed by atoms with Crippen molar-refractivity contribution >= 4 is 15.9 Å². The van der Waals surface area contributed by atoms with Gasteiger partial charge in [-0.2, -0.15) is 0 Å². The molecule has 1 saturated heterocycles. The lowest BCUT2D eigenvalue weighted by molar-refractivity contribution is -0.000331. The van der Waals surface area contributed by atoms with Crippen LogP contribution in [0.15, 0.2) is 22.7 Å². The quantitative estimate of drug-likeness (QED) is 0.765. The number of aliphatic hydroxyl groups is 1. The van der Waals surface area contributed by atoms with E-state index in [2.05, 4.69) is 21.2 Å². The lowest BCUT2D eigenvalue weighted by Gasteiger charge is -2.37. The zero-order valence-corrected chi connectivity index (χ0v) is 10.5. The van der Waals surface area contributed by atoms with Crippen LogP contribution in [0.25, 0.3) is 0 Å². The molecule has 1 aromatic carbocycles. The molecule has 2 N–H and O–H groups in total. The number of aliphatic hydroxyl groups excluding tert-OH is 1. The number of halogens is 1. The van der Waals surface area contributed by atoms with Crippen LogP contribution in [0.2, 0.25) is 0 Å². The molecule has 3 nitrogen and oxygen atoms in total. The average molecular weight is 284 g/mol. The molecule has 2 atom stereocenters. The Morgan fingerprint density at radius 1 is 1.50 bits per heavy atom. The first-order chi connectivity index (χ1) is 7.69. The second-order valence-corrected chi connectivity index (χ2v) is 5.53. The fraction of sp³-hybridized carbons (Fsp3) is 0.500. The maximum Gasteiger partial charge on any atom is 0.126 e. The molecular formula is C12H14BrNO2. The van der Waals surface area contributed by atoms with Gasteiger partial charge < -0.3 is 15.2 Å². The van der Waals surface area contributed by atoms with Gasteiger partial charge in [0, 0.05) is 29.4 Å². The van der Waals surface area contributed by atoms with Crippen molar-refractivity contribution < 1.29 is 9.84 Å². The monoisotopic (exact) mass is 283 g/mol. The standard InChI is InChI=1S/C12H14BrNO2/c13-8-1-2-11-9(5-8)10(15)6-12(16-11)3-4-14-7-12/h1-2,5,10,14-15H,3-4,6-7H2. The van der Waals surface area contributed by atoms with Crippen LogP contribution in [-0.2, 0) is 0 Å². The molecule has 0 aromatic heterocycles. The topological polar surface area (TPSA) is 41.5 Å². The number of benzene rings is 1. The van der Waals surface area contributed by atoms with Crippen molar-refractivity contribution in [2.24, 2.45) is 0 Å². The zero-order chi connectivity index (χ0) is 11.2. The van der Waals surface area contributed by atoms with Crippen molar-refractivity contribution in [1.29, 1.82) is 0 Å². The molecule has 1 fully saturated rings. The summed E-state index contributed by atoms with van der Waals surface area (Å²) in [7, 11) is 0. The summed E-state index contributed by atoms with van der Waals surface area (Å²) >= 11 is 3.41. The van der Waals surface area contributed by atoms with E-state index in [1.807, 2.05) is 18.2 Å². The third kappa shape index (κ3) is 1.65. The van der Waals surface area contributed by atoms with Gasteiger partial charge in [0.05, 0.1) is 6.10 Å². The van der Waals surface area contributed by atoms with Crippen molar-refractivity contribution in [2.45, 2.75) is 24.5 Å². The van der Waals surface area contributed by atoms with Crippen molar-refractivity contribution in [1.82, 2.24) is 5.32 Å². The SMILES string of the molecule is OC1CC2(CCNC2)Oc2ccc(Br)cc21. The van der Waals surface area contributed by atoms with E-state index in [0.717, 1.165) is 35.3 Å². The van der Waals surface area contributed by atoms with E-state index in [0.29, 0.717) is 6.42 Å². The predicted molar refractivity (Wildman–Crippen MR) is 64.6 cm³/mol. The Kier molecular flexibility index (Phi) is 2.46. The molecule has 1 spiro atoms. The minimum absolute atomic E-state index is 0.194. The Bertz CT molecular complexity index is 415. The zero-order valence-electron chi connectivity index (χ0n) is 8.87. The molecule has 4 heteroatoms.